The SMILES string of the molecule is CCC(Br)C(=O)N(c1cccc(OC)c1)c1cccc(OC)c1. The molecule has 2 aromatic carbocycles. The number of hydrogen-bond donors (Lipinski definition) is 0. The first kappa shape index (κ1) is 17.3. The van der Waals surface area contributed by atoms with Gasteiger partial charge in [0.2, 0.25) is 5.91 Å². The van der Waals surface area contributed by atoms with E-state index < -0.39 is 0 Å². The van der Waals surface area contributed by atoms with E-state index in [4.69, 9.17) is 9.47 Å². The molecule has 5 heteroatoms. The molecule has 23 heavy (non-hydrogen) atoms. The predicted octanol–water partition coefficient (Wildman–Crippen LogP) is 4.54. The summed E-state index contributed by atoms with van der Waals surface area (Å²) in [6.07, 6.45) is 0.698. The first-order valence-corrected chi connectivity index (χ1v) is 8.28. The summed E-state index contributed by atoms with van der Waals surface area (Å²) in [6, 6.07) is 14.9. The van der Waals surface area contributed by atoms with E-state index in [1.165, 1.54) is 0 Å². The summed E-state index contributed by atoms with van der Waals surface area (Å²) < 4.78 is 10.6. The maximum Gasteiger partial charge on any atom is 0.245 e. The van der Waals surface area contributed by atoms with Crippen LogP contribution >= 0.6 is 15.9 Å². The molecule has 0 aliphatic rings. The Balaban J connectivity index is 2.52. The van der Waals surface area contributed by atoms with Gasteiger partial charge in [0.15, 0.2) is 0 Å². The lowest BCUT2D eigenvalue weighted by atomic mass is 10.2. The number of benzene rings is 2. The predicted molar refractivity (Wildman–Crippen MR) is 96.1 cm³/mol. The van der Waals surface area contributed by atoms with Gasteiger partial charge in [-0.15, -0.1) is 0 Å². The summed E-state index contributed by atoms with van der Waals surface area (Å²) in [6.45, 7) is 1.96. The number of carbonyl (C=O) groups excluding carboxylic acids is 1. The number of nitrogens with zero attached hydrogens (tertiary/aromatic N) is 1. The maximum absolute atomic E-state index is 12.9. The lowest BCUT2D eigenvalue weighted by Gasteiger charge is -2.25. The Hall–Kier alpha value is -2.01. The number of amides is 1. The second-order valence-electron chi connectivity index (χ2n) is 4.95. The first-order valence-electron chi connectivity index (χ1n) is 7.36. The standard InChI is InChI=1S/C18H20BrNO3/c1-4-17(19)18(21)20(13-7-5-9-15(11-13)22-2)14-8-6-10-16(12-14)23-3/h5-12,17H,4H2,1-3H3. The van der Waals surface area contributed by atoms with Crippen molar-refractivity contribution in [3.05, 3.63) is 48.5 Å². The van der Waals surface area contributed by atoms with Gasteiger partial charge in [0.05, 0.1) is 30.4 Å². The average molecular weight is 378 g/mol. The normalized spacial score (nSPS) is 11.7. The number of ether oxygens (including phenoxy) is 2. The van der Waals surface area contributed by atoms with Crippen LogP contribution in [0.25, 0.3) is 0 Å². The highest BCUT2D eigenvalue weighted by atomic mass is 79.9. The Morgan fingerprint density at radius 1 is 1.04 bits per heavy atom. The lowest BCUT2D eigenvalue weighted by molar-refractivity contribution is -0.117. The molecule has 1 amide bonds. The van der Waals surface area contributed by atoms with Crippen molar-refractivity contribution >= 4 is 33.2 Å². The topological polar surface area (TPSA) is 38.8 Å². The summed E-state index contributed by atoms with van der Waals surface area (Å²) in [4.78, 5) is 14.3. The van der Waals surface area contributed by atoms with Crippen molar-refractivity contribution in [2.24, 2.45) is 0 Å². The summed E-state index contributed by atoms with van der Waals surface area (Å²) in [7, 11) is 3.21. The molecule has 0 heterocycles. The largest absolute Gasteiger partial charge is 0.497 e. The van der Waals surface area contributed by atoms with Gasteiger partial charge in [-0.3, -0.25) is 9.69 Å². The molecule has 1 unspecified atom stereocenters. The minimum Gasteiger partial charge on any atom is -0.497 e. The summed E-state index contributed by atoms with van der Waals surface area (Å²) in [5.74, 6) is 1.37. The summed E-state index contributed by atoms with van der Waals surface area (Å²) in [5.41, 5.74) is 1.50. The summed E-state index contributed by atoms with van der Waals surface area (Å²) in [5, 5.41) is 0. The van der Waals surface area contributed by atoms with Crippen LogP contribution < -0.4 is 14.4 Å². The van der Waals surface area contributed by atoms with Gasteiger partial charge in [-0.1, -0.05) is 35.0 Å². The van der Waals surface area contributed by atoms with Crippen LogP contribution in [-0.4, -0.2) is 25.0 Å². The van der Waals surface area contributed by atoms with Gasteiger partial charge in [-0.05, 0) is 30.7 Å². The zero-order valence-electron chi connectivity index (χ0n) is 13.5. The van der Waals surface area contributed by atoms with Gasteiger partial charge in [0, 0.05) is 12.1 Å². The monoisotopic (exact) mass is 377 g/mol. The fraction of sp³-hybridized carbons (Fsp3) is 0.278. The molecule has 4 nitrogen and oxygen atoms in total. The number of rotatable bonds is 6. The fourth-order valence-corrected chi connectivity index (χ4v) is 2.42. The van der Waals surface area contributed by atoms with Crippen LogP contribution in [-0.2, 0) is 4.79 Å². The van der Waals surface area contributed by atoms with Crippen molar-refractivity contribution in [1.29, 1.82) is 0 Å². The smallest absolute Gasteiger partial charge is 0.245 e. The third-order valence-corrected chi connectivity index (χ3v) is 4.51. The molecule has 0 radical (unpaired) electrons. The van der Waals surface area contributed by atoms with E-state index in [0.717, 1.165) is 11.4 Å². The van der Waals surface area contributed by atoms with Crippen molar-refractivity contribution in [2.45, 2.75) is 18.2 Å². The minimum atomic E-state index is -0.264. The fourth-order valence-electron chi connectivity index (χ4n) is 2.22. The van der Waals surface area contributed by atoms with Gasteiger partial charge in [0.1, 0.15) is 11.5 Å². The van der Waals surface area contributed by atoms with Crippen LogP contribution in [0, 0.1) is 0 Å². The van der Waals surface area contributed by atoms with Crippen LogP contribution in [0.15, 0.2) is 48.5 Å². The maximum atomic E-state index is 12.9. The van der Waals surface area contributed by atoms with Crippen molar-refractivity contribution in [2.75, 3.05) is 19.1 Å². The van der Waals surface area contributed by atoms with Gasteiger partial charge in [-0.25, -0.2) is 0 Å². The molecule has 0 N–H and O–H groups in total. The number of hydrogen-bond acceptors (Lipinski definition) is 3. The molecular formula is C18H20BrNO3. The molecule has 0 aromatic heterocycles. The zero-order chi connectivity index (χ0) is 16.8. The molecule has 0 spiro atoms. The minimum absolute atomic E-state index is 0.0333. The van der Waals surface area contributed by atoms with Crippen LogP contribution in [0.2, 0.25) is 0 Å². The second-order valence-corrected chi connectivity index (χ2v) is 6.06. The highest BCUT2D eigenvalue weighted by Crippen LogP contribution is 2.32. The molecule has 2 aromatic rings. The van der Waals surface area contributed by atoms with Crippen molar-refractivity contribution in [1.82, 2.24) is 0 Å². The number of halogens is 1. The quantitative estimate of drug-likeness (QED) is 0.693. The molecule has 0 aliphatic carbocycles. The second kappa shape index (κ2) is 8.02. The molecule has 1 atom stereocenters. The van der Waals surface area contributed by atoms with E-state index in [-0.39, 0.29) is 10.7 Å². The molecule has 0 fully saturated rings. The van der Waals surface area contributed by atoms with Crippen molar-refractivity contribution in [3.8, 4) is 11.5 Å². The van der Waals surface area contributed by atoms with Crippen LogP contribution in [0.5, 0.6) is 11.5 Å². The highest BCUT2D eigenvalue weighted by molar-refractivity contribution is 9.10. The van der Waals surface area contributed by atoms with E-state index in [1.54, 1.807) is 19.1 Å². The third kappa shape index (κ3) is 4.05. The van der Waals surface area contributed by atoms with Crippen LogP contribution in [0.3, 0.4) is 0 Å². The Bertz CT molecular complexity index is 627. The Labute approximate surface area is 145 Å². The van der Waals surface area contributed by atoms with E-state index in [9.17, 15) is 4.79 Å². The van der Waals surface area contributed by atoms with Gasteiger partial charge in [0.25, 0.3) is 0 Å². The molecule has 0 aliphatic heterocycles. The lowest BCUT2D eigenvalue weighted by Crippen LogP contribution is -2.32. The van der Waals surface area contributed by atoms with Crippen LogP contribution in [0.4, 0.5) is 11.4 Å². The van der Waals surface area contributed by atoms with Gasteiger partial charge >= 0.3 is 0 Å². The number of anilines is 2. The Kier molecular flexibility index (Phi) is 6.04. The zero-order valence-corrected chi connectivity index (χ0v) is 15.0. The van der Waals surface area contributed by atoms with E-state index in [0.29, 0.717) is 17.9 Å². The number of carbonyl (C=O) groups is 1. The molecule has 2 rings (SSSR count). The average Bonchev–Trinajstić information content (AvgIpc) is 2.61. The first-order chi connectivity index (χ1) is 11.1. The molecule has 0 saturated heterocycles. The summed E-state index contributed by atoms with van der Waals surface area (Å²) >= 11 is 3.45. The molecule has 0 saturated carbocycles. The number of alkyl halides is 1. The Morgan fingerprint density at radius 2 is 1.52 bits per heavy atom. The van der Waals surface area contributed by atoms with Crippen LogP contribution in [0.1, 0.15) is 13.3 Å². The molecular weight excluding hydrogens is 358 g/mol. The Morgan fingerprint density at radius 3 is 1.91 bits per heavy atom. The van der Waals surface area contributed by atoms with Crippen molar-refractivity contribution < 1.29 is 14.3 Å². The van der Waals surface area contributed by atoms with Crippen molar-refractivity contribution in [3.63, 3.8) is 0 Å². The van der Waals surface area contributed by atoms with E-state index in [1.807, 2.05) is 55.5 Å². The van der Waals surface area contributed by atoms with Gasteiger partial charge in [-0.2, -0.15) is 0 Å². The highest BCUT2D eigenvalue weighted by Gasteiger charge is 2.24. The van der Waals surface area contributed by atoms with E-state index in [2.05, 4.69) is 15.9 Å². The third-order valence-electron chi connectivity index (χ3n) is 3.47. The van der Waals surface area contributed by atoms with E-state index >= 15 is 0 Å². The molecule has 122 valence electrons. The molecule has 0 bridgehead atoms. The number of methoxy groups -OCH3 is 2. The van der Waals surface area contributed by atoms with Gasteiger partial charge < -0.3 is 9.47 Å².